The average molecular weight is 262 g/mol. The first kappa shape index (κ1) is 14.6. The van der Waals surface area contributed by atoms with E-state index in [0.717, 1.165) is 18.0 Å². The van der Waals surface area contributed by atoms with Crippen LogP contribution in [0.3, 0.4) is 0 Å². The minimum absolute atomic E-state index is 0.0249. The van der Waals surface area contributed by atoms with E-state index < -0.39 is 0 Å². The van der Waals surface area contributed by atoms with Crippen LogP contribution in [0.15, 0.2) is 30.3 Å². The van der Waals surface area contributed by atoms with Gasteiger partial charge in [0.2, 0.25) is 5.91 Å². The van der Waals surface area contributed by atoms with Gasteiger partial charge in [-0.3, -0.25) is 4.79 Å². The van der Waals surface area contributed by atoms with Gasteiger partial charge in [0.1, 0.15) is 0 Å². The van der Waals surface area contributed by atoms with Crippen molar-refractivity contribution in [3.05, 3.63) is 30.3 Å². The van der Waals surface area contributed by atoms with Crippen molar-refractivity contribution in [2.75, 3.05) is 23.4 Å². The molecule has 0 bridgehead atoms. The first-order valence-electron chi connectivity index (χ1n) is 5.84. The van der Waals surface area contributed by atoms with Gasteiger partial charge in [-0.1, -0.05) is 24.1 Å². The van der Waals surface area contributed by atoms with Crippen molar-refractivity contribution < 1.29 is 4.79 Å². The highest BCUT2D eigenvalue weighted by atomic mass is 32.2. The summed E-state index contributed by atoms with van der Waals surface area (Å²) < 4.78 is 0. The minimum atomic E-state index is -0.211. The van der Waals surface area contributed by atoms with E-state index in [-0.39, 0.29) is 11.9 Å². The van der Waals surface area contributed by atoms with Crippen LogP contribution in [0.4, 0.5) is 5.69 Å². The summed E-state index contributed by atoms with van der Waals surface area (Å²) in [5.74, 6) is 4.17. The Bertz CT molecular complexity index is 400. The first-order valence-corrected chi connectivity index (χ1v) is 7.00. The Kier molecular flexibility index (Phi) is 7.00. The summed E-state index contributed by atoms with van der Waals surface area (Å²) >= 11 is 1.68. The molecular weight excluding hydrogens is 244 g/mol. The van der Waals surface area contributed by atoms with Gasteiger partial charge in [0, 0.05) is 18.0 Å². The highest BCUT2D eigenvalue weighted by Gasteiger charge is 2.11. The van der Waals surface area contributed by atoms with Crippen LogP contribution in [0, 0.1) is 12.3 Å². The van der Waals surface area contributed by atoms with E-state index in [1.54, 1.807) is 11.8 Å². The lowest BCUT2D eigenvalue weighted by atomic mass is 10.2. The summed E-state index contributed by atoms with van der Waals surface area (Å²) in [6.07, 6.45) is 5.15. The van der Waals surface area contributed by atoms with Gasteiger partial charge < -0.3 is 10.6 Å². The molecular formula is C14H18N2OS. The van der Waals surface area contributed by atoms with Gasteiger partial charge in [0.15, 0.2) is 0 Å². The Hall–Kier alpha value is -1.44. The van der Waals surface area contributed by atoms with Crippen LogP contribution in [0.5, 0.6) is 0 Å². The first-order chi connectivity index (χ1) is 8.74. The number of carbonyl (C=O) groups excluding carboxylic acids is 1. The van der Waals surface area contributed by atoms with Crippen LogP contribution in [0.1, 0.15) is 6.92 Å². The molecule has 0 radical (unpaired) electrons. The number of rotatable bonds is 7. The van der Waals surface area contributed by atoms with Crippen LogP contribution in [0.25, 0.3) is 0 Å². The Morgan fingerprint density at radius 2 is 2.17 bits per heavy atom. The third-order valence-corrected chi connectivity index (χ3v) is 3.18. The van der Waals surface area contributed by atoms with Crippen LogP contribution in [0.2, 0.25) is 0 Å². The number of thioether (sulfide) groups is 1. The maximum absolute atomic E-state index is 11.8. The molecule has 1 amide bonds. The number of benzene rings is 1. The molecule has 0 aliphatic carbocycles. The zero-order valence-corrected chi connectivity index (χ0v) is 11.3. The molecule has 0 aromatic heterocycles. The summed E-state index contributed by atoms with van der Waals surface area (Å²) in [6.45, 7) is 2.62. The molecule has 0 fully saturated rings. The van der Waals surface area contributed by atoms with Crippen LogP contribution >= 0.6 is 11.8 Å². The van der Waals surface area contributed by atoms with Gasteiger partial charge in [-0.05, 0) is 19.1 Å². The third-order valence-electron chi connectivity index (χ3n) is 2.32. The van der Waals surface area contributed by atoms with Crippen molar-refractivity contribution in [2.24, 2.45) is 0 Å². The van der Waals surface area contributed by atoms with E-state index in [1.807, 2.05) is 37.3 Å². The molecule has 18 heavy (non-hydrogen) atoms. The fourth-order valence-electron chi connectivity index (χ4n) is 1.34. The van der Waals surface area contributed by atoms with E-state index in [4.69, 9.17) is 6.42 Å². The van der Waals surface area contributed by atoms with Gasteiger partial charge in [-0.2, -0.15) is 0 Å². The zero-order chi connectivity index (χ0) is 13.2. The van der Waals surface area contributed by atoms with Gasteiger partial charge in [0.05, 0.1) is 11.8 Å². The number of amides is 1. The van der Waals surface area contributed by atoms with Gasteiger partial charge in [-0.15, -0.1) is 18.2 Å². The summed E-state index contributed by atoms with van der Waals surface area (Å²) in [6, 6.07) is 9.23. The average Bonchev–Trinajstić information content (AvgIpc) is 2.39. The minimum Gasteiger partial charge on any atom is -0.325 e. The largest absolute Gasteiger partial charge is 0.325 e. The number of hydrogen-bond donors (Lipinski definition) is 2. The molecule has 1 rings (SSSR count). The van der Waals surface area contributed by atoms with Crippen molar-refractivity contribution in [1.29, 1.82) is 0 Å². The number of anilines is 1. The van der Waals surface area contributed by atoms with Crippen molar-refractivity contribution in [3.8, 4) is 12.3 Å². The summed E-state index contributed by atoms with van der Waals surface area (Å²) in [5.41, 5.74) is 0.817. The zero-order valence-electron chi connectivity index (χ0n) is 10.5. The van der Waals surface area contributed by atoms with E-state index >= 15 is 0 Å². The van der Waals surface area contributed by atoms with Crippen molar-refractivity contribution in [2.45, 2.75) is 13.0 Å². The van der Waals surface area contributed by atoms with E-state index in [9.17, 15) is 4.79 Å². The summed E-state index contributed by atoms with van der Waals surface area (Å²) in [7, 11) is 0. The standard InChI is InChI=1S/C14H18N2OS/c1-3-10-18-11-9-15-12(2)14(17)16-13-7-5-4-6-8-13/h1,4-8,12,15H,9-11H2,2H3,(H,16,17). The second-order valence-corrected chi connectivity index (χ2v) is 4.89. The SMILES string of the molecule is C#CCSCCNC(C)C(=O)Nc1ccccc1. The lowest BCUT2D eigenvalue weighted by molar-refractivity contribution is -0.117. The molecule has 0 saturated heterocycles. The number of nitrogens with one attached hydrogen (secondary N) is 2. The fraction of sp³-hybridized carbons (Fsp3) is 0.357. The second kappa shape index (κ2) is 8.62. The van der Waals surface area contributed by atoms with Crippen molar-refractivity contribution in [3.63, 3.8) is 0 Å². The molecule has 4 heteroatoms. The van der Waals surface area contributed by atoms with E-state index in [2.05, 4.69) is 16.6 Å². The molecule has 3 nitrogen and oxygen atoms in total. The molecule has 1 atom stereocenters. The maximum Gasteiger partial charge on any atom is 0.241 e. The predicted molar refractivity (Wildman–Crippen MR) is 78.7 cm³/mol. The number of para-hydroxylation sites is 1. The second-order valence-electron chi connectivity index (χ2n) is 3.79. The van der Waals surface area contributed by atoms with Crippen LogP contribution in [-0.2, 0) is 4.79 Å². The molecule has 0 aliphatic rings. The molecule has 0 heterocycles. The Labute approximate surface area is 113 Å². The Morgan fingerprint density at radius 3 is 2.83 bits per heavy atom. The van der Waals surface area contributed by atoms with E-state index in [0.29, 0.717) is 5.75 Å². The Morgan fingerprint density at radius 1 is 1.44 bits per heavy atom. The quantitative estimate of drug-likeness (QED) is 0.583. The predicted octanol–water partition coefficient (Wildman–Crippen LogP) is 1.97. The summed E-state index contributed by atoms with van der Waals surface area (Å²) in [4.78, 5) is 11.8. The highest BCUT2D eigenvalue weighted by Crippen LogP contribution is 2.05. The lowest BCUT2D eigenvalue weighted by Crippen LogP contribution is -2.39. The number of hydrogen-bond acceptors (Lipinski definition) is 3. The normalized spacial score (nSPS) is 11.6. The molecule has 1 aromatic rings. The number of terminal acetylenes is 1. The van der Waals surface area contributed by atoms with Gasteiger partial charge in [0.25, 0.3) is 0 Å². The summed E-state index contributed by atoms with van der Waals surface area (Å²) in [5, 5.41) is 6.01. The molecule has 1 unspecified atom stereocenters. The molecule has 0 spiro atoms. The lowest BCUT2D eigenvalue weighted by Gasteiger charge is -2.13. The fourth-order valence-corrected chi connectivity index (χ4v) is 1.87. The van der Waals surface area contributed by atoms with Crippen LogP contribution in [-0.4, -0.2) is 30.0 Å². The maximum atomic E-state index is 11.8. The topological polar surface area (TPSA) is 41.1 Å². The molecule has 0 aliphatic heterocycles. The van der Waals surface area contributed by atoms with Crippen LogP contribution < -0.4 is 10.6 Å². The molecule has 1 aromatic carbocycles. The molecule has 96 valence electrons. The molecule has 2 N–H and O–H groups in total. The highest BCUT2D eigenvalue weighted by molar-refractivity contribution is 7.99. The number of carbonyl (C=O) groups is 1. The molecule has 0 saturated carbocycles. The van der Waals surface area contributed by atoms with Gasteiger partial charge in [-0.25, -0.2) is 0 Å². The smallest absolute Gasteiger partial charge is 0.241 e. The van der Waals surface area contributed by atoms with E-state index in [1.165, 1.54) is 0 Å². The monoisotopic (exact) mass is 262 g/mol. The van der Waals surface area contributed by atoms with Crippen molar-refractivity contribution >= 4 is 23.4 Å². The van der Waals surface area contributed by atoms with Gasteiger partial charge >= 0.3 is 0 Å². The van der Waals surface area contributed by atoms with Crippen molar-refractivity contribution in [1.82, 2.24) is 5.32 Å². The third kappa shape index (κ3) is 5.76. The Balaban J connectivity index is 2.23.